The zero-order chi connectivity index (χ0) is 16.4. The summed E-state index contributed by atoms with van der Waals surface area (Å²) in [5.74, 6) is 2.02. The molecule has 132 valence electrons. The van der Waals surface area contributed by atoms with E-state index in [1.807, 2.05) is 28.1 Å². The van der Waals surface area contributed by atoms with Gasteiger partial charge < -0.3 is 14.4 Å². The Morgan fingerprint density at radius 3 is 2.96 bits per heavy atom. The third-order valence-corrected chi connectivity index (χ3v) is 7.64. The van der Waals surface area contributed by atoms with Crippen molar-refractivity contribution in [1.82, 2.24) is 4.90 Å². The van der Waals surface area contributed by atoms with Crippen LogP contribution in [0, 0.1) is 5.92 Å². The van der Waals surface area contributed by atoms with Crippen LogP contribution in [0.15, 0.2) is 16.8 Å². The highest BCUT2D eigenvalue weighted by atomic mass is 32.2. The van der Waals surface area contributed by atoms with E-state index < -0.39 is 0 Å². The minimum absolute atomic E-state index is 0.269. The number of thiophene rings is 1. The van der Waals surface area contributed by atoms with Gasteiger partial charge in [-0.2, -0.15) is 11.3 Å². The number of carbonyl (C=O) groups excluding carboxylic acids is 1. The van der Waals surface area contributed by atoms with E-state index in [0.717, 1.165) is 63.5 Å². The summed E-state index contributed by atoms with van der Waals surface area (Å²) in [4.78, 5) is 14.3. The number of nitrogens with zero attached hydrogens (tertiary/aromatic N) is 1. The van der Waals surface area contributed by atoms with E-state index in [1.165, 1.54) is 0 Å². The van der Waals surface area contributed by atoms with Gasteiger partial charge in [0.15, 0.2) is 0 Å². The Labute approximate surface area is 151 Å². The fraction of sp³-hybridized carbons (Fsp3) is 0.722. The van der Waals surface area contributed by atoms with Crippen molar-refractivity contribution < 1.29 is 14.3 Å². The number of hydrogen-bond donors (Lipinski definition) is 0. The summed E-state index contributed by atoms with van der Waals surface area (Å²) in [5, 5.41) is 4.10. The van der Waals surface area contributed by atoms with Gasteiger partial charge >= 0.3 is 0 Å². The molecule has 1 spiro atoms. The van der Waals surface area contributed by atoms with E-state index in [0.29, 0.717) is 18.4 Å². The van der Waals surface area contributed by atoms with Crippen LogP contribution in [0.25, 0.3) is 0 Å². The standard InChI is InChI=1S/C18H25NO3S2/c20-17(7-15-3-6-23-10-15)19-12-18(13-19)8-16(11-24-18)22-9-14-1-4-21-5-2-14/h3,6,10,14,16H,1-2,4-5,7-9,11-13H2/t16-/m1/s1. The lowest BCUT2D eigenvalue weighted by atomic mass is 9.92. The fourth-order valence-corrected chi connectivity index (χ4v) is 6.04. The van der Waals surface area contributed by atoms with Gasteiger partial charge in [0.1, 0.15) is 0 Å². The predicted octanol–water partition coefficient (Wildman–Crippen LogP) is 2.82. The van der Waals surface area contributed by atoms with Gasteiger partial charge in [-0.1, -0.05) is 0 Å². The van der Waals surface area contributed by atoms with E-state index in [2.05, 4.69) is 5.38 Å². The number of rotatable bonds is 5. The van der Waals surface area contributed by atoms with Gasteiger partial charge in [-0.25, -0.2) is 0 Å². The van der Waals surface area contributed by atoms with Crippen LogP contribution in [-0.2, 0) is 20.7 Å². The number of likely N-dealkylation sites (tertiary alicyclic amines) is 1. The van der Waals surface area contributed by atoms with Crippen molar-refractivity contribution in [3.05, 3.63) is 22.4 Å². The number of hydrogen-bond acceptors (Lipinski definition) is 5. The van der Waals surface area contributed by atoms with Crippen molar-refractivity contribution in [1.29, 1.82) is 0 Å². The molecule has 4 nitrogen and oxygen atoms in total. The fourth-order valence-electron chi connectivity index (χ4n) is 3.82. The molecule has 4 rings (SSSR count). The second-order valence-electron chi connectivity index (χ2n) is 7.27. The largest absolute Gasteiger partial charge is 0.381 e. The topological polar surface area (TPSA) is 38.8 Å². The molecule has 1 aromatic rings. The highest BCUT2D eigenvalue weighted by Gasteiger charge is 2.50. The molecule has 6 heteroatoms. The summed E-state index contributed by atoms with van der Waals surface area (Å²) in [6.45, 7) is 4.46. The molecule has 0 N–H and O–H groups in total. The number of amides is 1. The molecule has 4 heterocycles. The maximum Gasteiger partial charge on any atom is 0.227 e. The van der Waals surface area contributed by atoms with Crippen LogP contribution >= 0.6 is 23.1 Å². The maximum absolute atomic E-state index is 12.3. The van der Waals surface area contributed by atoms with E-state index >= 15 is 0 Å². The summed E-state index contributed by atoms with van der Waals surface area (Å²) in [5.41, 5.74) is 1.14. The summed E-state index contributed by atoms with van der Waals surface area (Å²) < 4.78 is 11.9. The summed E-state index contributed by atoms with van der Waals surface area (Å²) in [7, 11) is 0. The molecular weight excluding hydrogens is 342 g/mol. The predicted molar refractivity (Wildman–Crippen MR) is 97.7 cm³/mol. The maximum atomic E-state index is 12.3. The van der Waals surface area contributed by atoms with Crippen molar-refractivity contribution in [2.45, 2.75) is 36.5 Å². The average molecular weight is 368 g/mol. The summed E-state index contributed by atoms with van der Waals surface area (Å²) >= 11 is 3.67. The van der Waals surface area contributed by atoms with Crippen LogP contribution in [0.3, 0.4) is 0 Å². The first-order chi connectivity index (χ1) is 11.7. The SMILES string of the molecule is O=C(Cc1ccsc1)N1CC2(C[C@@H](OCC3CCOCC3)CS2)C1. The molecular formula is C18H25NO3S2. The molecule has 1 amide bonds. The average Bonchev–Trinajstić information content (AvgIpc) is 3.22. The van der Waals surface area contributed by atoms with E-state index in [4.69, 9.17) is 9.47 Å². The molecule has 3 fully saturated rings. The Morgan fingerprint density at radius 2 is 2.21 bits per heavy atom. The first-order valence-electron chi connectivity index (χ1n) is 8.85. The lowest BCUT2D eigenvalue weighted by Crippen LogP contribution is -2.61. The van der Waals surface area contributed by atoms with Crippen LogP contribution in [0.5, 0.6) is 0 Å². The first-order valence-corrected chi connectivity index (χ1v) is 10.8. The van der Waals surface area contributed by atoms with Crippen LogP contribution < -0.4 is 0 Å². The normalized spacial score (nSPS) is 26.7. The molecule has 0 radical (unpaired) electrons. The van der Waals surface area contributed by atoms with Crippen molar-refractivity contribution in [3.8, 4) is 0 Å². The van der Waals surface area contributed by atoms with Crippen LogP contribution in [0.2, 0.25) is 0 Å². The van der Waals surface area contributed by atoms with Crippen molar-refractivity contribution in [3.63, 3.8) is 0 Å². The Bertz CT molecular complexity index is 551. The van der Waals surface area contributed by atoms with Gasteiger partial charge in [-0.3, -0.25) is 4.79 Å². The molecule has 1 aromatic heterocycles. The van der Waals surface area contributed by atoms with E-state index in [9.17, 15) is 4.79 Å². The molecule has 0 unspecified atom stereocenters. The lowest BCUT2D eigenvalue weighted by Gasteiger charge is -2.47. The molecule has 0 bridgehead atoms. The molecule has 3 aliphatic heterocycles. The zero-order valence-electron chi connectivity index (χ0n) is 13.9. The Morgan fingerprint density at radius 1 is 1.38 bits per heavy atom. The molecule has 0 aliphatic carbocycles. The number of ether oxygens (including phenoxy) is 2. The highest BCUT2D eigenvalue weighted by molar-refractivity contribution is 8.01. The third-order valence-electron chi connectivity index (χ3n) is 5.33. The quantitative estimate of drug-likeness (QED) is 0.802. The first kappa shape index (κ1) is 16.9. The number of thioether (sulfide) groups is 1. The smallest absolute Gasteiger partial charge is 0.227 e. The van der Waals surface area contributed by atoms with E-state index in [-0.39, 0.29) is 10.7 Å². The van der Waals surface area contributed by atoms with Crippen molar-refractivity contribution in [2.24, 2.45) is 5.92 Å². The second kappa shape index (κ2) is 7.36. The Kier molecular flexibility index (Phi) is 5.18. The van der Waals surface area contributed by atoms with E-state index in [1.54, 1.807) is 11.3 Å². The molecule has 24 heavy (non-hydrogen) atoms. The lowest BCUT2D eigenvalue weighted by molar-refractivity contribution is -0.136. The van der Waals surface area contributed by atoms with Crippen LogP contribution in [0.4, 0.5) is 0 Å². The third kappa shape index (κ3) is 3.82. The Balaban J connectivity index is 1.19. The zero-order valence-corrected chi connectivity index (χ0v) is 15.6. The van der Waals surface area contributed by atoms with Gasteiger partial charge in [0.25, 0.3) is 0 Å². The van der Waals surface area contributed by atoms with Gasteiger partial charge in [-0.15, -0.1) is 11.8 Å². The summed E-state index contributed by atoms with van der Waals surface area (Å²) in [6.07, 6.45) is 4.29. The van der Waals surface area contributed by atoms with Gasteiger partial charge in [0, 0.05) is 38.7 Å². The molecule has 1 atom stereocenters. The minimum Gasteiger partial charge on any atom is -0.381 e. The second-order valence-corrected chi connectivity index (χ2v) is 9.54. The molecule has 0 saturated carbocycles. The van der Waals surface area contributed by atoms with Crippen LogP contribution in [0.1, 0.15) is 24.8 Å². The Hall–Kier alpha value is -0.560. The summed E-state index contributed by atoms with van der Waals surface area (Å²) in [6, 6.07) is 2.04. The molecule has 0 aromatic carbocycles. The van der Waals surface area contributed by atoms with Gasteiger partial charge in [-0.05, 0) is 47.6 Å². The molecule has 3 saturated heterocycles. The van der Waals surface area contributed by atoms with Crippen molar-refractivity contribution >= 4 is 29.0 Å². The van der Waals surface area contributed by atoms with Crippen LogP contribution in [-0.4, -0.2) is 60.3 Å². The number of carbonyl (C=O) groups is 1. The minimum atomic E-state index is 0.269. The van der Waals surface area contributed by atoms with Gasteiger partial charge in [0.2, 0.25) is 5.91 Å². The monoisotopic (exact) mass is 367 g/mol. The molecule has 3 aliphatic rings. The van der Waals surface area contributed by atoms with Crippen molar-refractivity contribution in [2.75, 3.05) is 38.7 Å². The van der Waals surface area contributed by atoms with Gasteiger partial charge in [0.05, 0.1) is 17.3 Å². The highest BCUT2D eigenvalue weighted by Crippen LogP contribution is 2.46.